The van der Waals surface area contributed by atoms with Gasteiger partial charge in [0.1, 0.15) is 0 Å². The van der Waals surface area contributed by atoms with Crippen molar-refractivity contribution >= 4 is 11.9 Å². The van der Waals surface area contributed by atoms with Crippen molar-refractivity contribution in [2.45, 2.75) is 26.3 Å². The minimum absolute atomic E-state index is 0.0139. The Morgan fingerprint density at radius 2 is 2.28 bits per heavy atom. The molecule has 1 amide bonds. The molecular weight excluding hydrogens is 232 g/mol. The Morgan fingerprint density at radius 3 is 2.89 bits per heavy atom. The average Bonchev–Trinajstić information content (AvgIpc) is 3.19. The molecule has 18 heavy (non-hydrogen) atoms. The molecule has 5 heteroatoms. The summed E-state index contributed by atoms with van der Waals surface area (Å²) in [6, 6.07) is 2.91. The van der Waals surface area contributed by atoms with Gasteiger partial charge in [0, 0.05) is 12.1 Å². The van der Waals surface area contributed by atoms with E-state index in [0.717, 1.165) is 12.8 Å². The third-order valence-corrected chi connectivity index (χ3v) is 3.25. The van der Waals surface area contributed by atoms with Crippen LogP contribution in [0, 0.1) is 11.8 Å². The molecule has 96 valence electrons. The molecular formula is C13H16N2O3. The maximum absolute atomic E-state index is 11.8. The van der Waals surface area contributed by atoms with Crippen LogP contribution in [0.25, 0.3) is 0 Å². The lowest BCUT2D eigenvalue weighted by molar-refractivity contribution is -0.125. The highest BCUT2D eigenvalue weighted by Crippen LogP contribution is 2.36. The van der Waals surface area contributed by atoms with Crippen LogP contribution >= 0.6 is 0 Å². The molecule has 0 saturated heterocycles. The van der Waals surface area contributed by atoms with Gasteiger partial charge >= 0.3 is 5.97 Å². The molecule has 1 fully saturated rings. The minimum Gasteiger partial charge on any atom is -0.478 e. The molecule has 0 aliphatic heterocycles. The van der Waals surface area contributed by atoms with E-state index in [9.17, 15) is 9.59 Å². The first-order valence-electron chi connectivity index (χ1n) is 6.04. The summed E-state index contributed by atoms with van der Waals surface area (Å²) in [6.07, 6.45) is 3.69. The van der Waals surface area contributed by atoms with Crippen molar-refractivity contribution in [1.82, 2.24) is 10.3 Å². The number of pyridine rings is 1. The highest BCUT2D eigenvalue weighted by atomic mass is 16.4. The van der Waals surface area contributed by atoms with Crippen LogP contribution in [-0.2, 0) is 11.3 Å². The van der Waals surface area contributed by atoms with Gasteiger partial charge in [-0.1, -0.05) is 6.92 Å². The van der Waals surface area contributed by atoms with E-state index in [1.807, 2.05) is 6.92 Å². The Hall–Kier alpha value is -1.91. The fourth-order valence-electron chi connectivity index (χ4n) is 1.86. The van der Waals surface area contributed by atoms with Gasteiger partial charge in [0.15, 0.2) is 0 Å². The van der Waals surface area contributed by atoms with Crippen LogP contribution in [0.3, 0.4) is 0 Å². The summed E-state index contributed by atoms with van der Waals surface area (Å²) in [5.41, 5.74) is 0.746. The number of amides is 1. The van der Waals surface area contributed by atoms with Crippen LogP contribution in [0.4, 0.5) is 0 Å². The maximum atomic E-state index is 11.8. The number of rotatable bonds is 5. The number of carbonyl (C=O) groups is 2. The molecule has 2 rings (SSSR count). The molecule has 0 radical (unpaired) electrons. The quantitative estimate of drug-likeness (QED) is 0.826. The third kappa shape index (κ3) is 3.06. The molecule has 0 bridgehead atoms. The average molecular weight is 248 g/mol. The Balaban J connectivity index is 1.91. The van der Waals surface area contributed by atoms with Crippen molar-refractivity contribution in [1.29, 1.82) is 0 Å². The van der Waals surface area contributed by atoms with Crippen molar-refractivity contribution in [3.63, 3.8) is 0 Å². The lowest BCUT2D eigenvalue weighted by Gasteiger charge is -2.10. The first-order valence-corrected chi connectivity index (χ1v) is 6.04. The smallest absolute Gasteiger partial charge is 0.335 e. The molecule has 1 saturated carbocycles. The second-order valence-electron chi connectivity index (χ2n) is 4.68. The number of nitrogens with one attached hydrogen (secondary N) is 1. The van der Waals surface area contributed by atoms with Gasteiger partial charge in [0.05, 0.1) is 17.8 Å². The molecule has 1 aliphatic rings. The van der Waals surface area contributed by atoms with Gasteiger partial charge in [-0.2, -0.15) is 0 Å². The van der Waals surface area contributed by atoms with E-state index < -0.39 is 5.97 Å². The van der Waals surface area contributed by atoms with Gasteiger partial charge in [-0.3, -0.25) is 9.78 Å². The molecule has 1 atom stereocenters. The van der Waals surface area contributed by atoms with Crippen LogP contribution in [0.5, 0.6) is 0 Å². The van der Waals surface area contributed by atoms with E-state index in [-0.39, 0.29) is 23.9 Å². The van der Waals surface area contributed by atoms with Gasteiger partial charge in [0.25, 0.3) is 0 Å². The monoisotopic (exact) mass is 248 g/mol. The summed E-state index contributed by atoms with van der Waals surface area (Å²) >= 11 is 0. The van der Waals surface area contributed by atoms with Crippen LogP contribution in [0.1, 0.15) is 35.8 Å². The minimum atomic E-state index is -0.990. The zero-order valence-electron chi connectivity index (χ0n) is 10.2. The Kier molecular flexibility index (Phi) is 3.60. The number of hydrogen-bond donors (Lipinski definition) is 2. The summed E-state index contributed by atoms with van der Waals surface area (Å²) in [5, 5.41) is 11.6. The van der Waals surface area contributed by atoms with Crippen LogP contribution in [-0.4, -0.2) is 22.0 Å². The van der Waals surface area contributed by atoms with Crippen molar-refractivity contribution in [3.8, 4) is 0 Å². The van der Waals surface area contributed by atoms with E-state index >= 15 is 0 Å². The van der Waals surface area contributed by atoms with Crippen molar-refractivity contribution in [3.05, 3.63) is 29.6 Å². The second-order valence-corrected chi connectivity index (χ2v) is 4.68. The summed E-state index contributed by atoms with van der Waals surface area (Å²) in [5.74, 6) is -0.424. The molecule has 2 N–H and O–H groups in total. The Morgan fingerprint density at radius 1 is 1.56 bits per heavy atom. The van der Waals surface area contributed by atoms with E-state index in [0.29, 0.717) is 11.6 Å². The van der Waals surface area contributed by atoms with Crippen LogP contribution in [0.2, 0.25) is 0 Å². The normalized spacial score (nSPS) is 16.1. The molecule has 5 nitrogen and oxygen atoms in total. The molecule has 1 heterocycles. The van der Waals surface area contributed by atoms with Gasteiger partial charge in [-0.25, -0.2) is 4.79 Å². The fourth-order valence-corrected chi connectivity index (χ4v) is 1.86. The van der Waals surface area contributed by atoms with Gasteiger partial charge in [-0.05, 0) is 30.9 Å². The van der Waals surface area contributed by atoms with Gasteiger partial charge in [-0.15, -0.1) is 0 Å². The molecule has 1 unspecified atom stereocenters. The summed E-state index contributed by atoms with van der Waals surface area (Å²) in [4.78, 5) is 26.6. The zero-order chi connectivity index (χ0) is 13.1. The second kappa shape index (κ2) is 5.16. The number of carbonyl (C=O) groups excluding carboxylic acids is 1. The maximum Gasteiger partial charge on any atom is 0.335 e. The first kappa shape index (κ1) is 12.5. The van der Waals surface area contributed by atoms with E-state index in [2.05, 4.69) is 10.3 Å². The zero-order valence-corrected chi connectivity index (χ0v) is 10.2. The van der Waals surface area contributed by atoms with Crippen molar-refractivity contribution in [2.75, 3.05) is 0 Å². The summed E-state index contributed by atoms with van der Waals surface area (Å²) in [7, 11) is 0. The van der Waals surface area contributed by atoms with Crippen molar-refractivity contribution in [2.24, 2.45) is 11.8 Å². The molecule has 1 aromatic rings. The topological polar surface area (TPSA) is 79.3 Å². The molecule has 0 spiro atoms. The molecule has 1 aliphatic carbocycles. The van der Waals surface area contributed by atoms with Gasteiger partial charge < -0.3 is 10.4 Å². The highest BCUT2D eigenvalue weighted by molar-refractivity contribution is 5.87. The van der Waals surface area contributed by atoms with Crippen LogP contribution < -0.4 is 5.32 Å². The number of aromatic carboxylic acids is 1. The van der Waals surface area contributed by atoms with E-state index in [1.165, 1.54) is 18.3 Å². The Bertz CT molecular complexity index is 469. The lowest BCUT2D eigenvalue weighted by atomic mass is 10.1. The number of carboxylic acids is 1. The standard InChI is InChI=1S/C13H16N2O3/c1-8(9-2-3-9)12(16)15-7-11-6-10(13(17)18)4-5-14-11/h4-6,8-9H,2-3,7H2,1H3,(H,15,16)(H,17,18). The summed E-state index contributed by atoms with van der Waals surface area (Å²) < 4.78 is 0. The molecule has 1 aromatic heterocycles. The predicted octanol–water partition coefficient (Wildman–Crippen LogP) is 1.44. The van der Waals surface area contributed by atoms with Gasteiger partial charge in [0.2, 0.25) is 5.91 Å². The van der Waals surface area contributed by atoms with Crippen LogP contribution in [0.15, 0.2) is 18.3 Å². The highest BCUT2D eigenvalue weighted by Gasteiger charge is 2.32. The number of carboxylic acid groups (broad SMARTS) is 1. The number of aromatic nitrogens is 1. The fraction of sp³-hybridized carbons (Fsp3) is 0.462. The lowest BCUT2D eigenvalue weighted by Crippen LogP contribution is -2.30. The van der Waals surface area contributed by atoms with E-state index in [4.69, 9.17) is 5.11 Å². The summed E-state index contributed by atoms with van der Waals surface area (Å²) in [6.45, 7) is 2.20. The van der Waals surface area contributed by atoms with Crippen molar-refractivity contribution < 1.29 is 14.7 Å². The molecule has 0 aromatic carbocycles. The van der Waals surface area contributed by atoms with E-state index in [1.54, 1.807) is 0 Å². The SMILES string of the molecule is CC(C(=O)NCc1cc(C(=O)O)ccn1)C1CC1. The largest absolute Gasteiger partial charge is 0.478 e. The third-order valence-electron chi connectivity index (χ3n) is 3.25. The first-order chi connectivity index (χ1) is 8.58. The number of hydrogen-bond acceptors (Lipinski definition) is 3. The Labute approximate surface area is 105 Å². The number of nitrogens with zero attached hydrogens (tertiary/aromatic N) is 1. The predicted molar refractivity (Wildman–Crippen MR) is 64.9 cm³/mol.